The number of nitrogens with zero attached hydrogens (tertiary/aromatic N) is 1. The standard InChI is InChI=1S/C21H38NO3/c1-16(23)25-18(14-22(5)11-7-6-8-12-22)15-24-19-13-17-9-10-21(19,4)20(17,2)3/h17-19H,6-15H2,1-5H3/q+1/t17-,18+,19+,21-/m1/s1. The van der Waals surface area contributed by atoms with E-state index in [2.05, 4.69) is 27.8 Å². The lowest BCUT2D eigenvalue weighted by molar-refractivity contribution is -0.916. The van der Waals surface area contributed by atoms with Gasteiger partial charge in [0.2, 0.25) is 0 Å². The first kappa shape index (κ1) is 19.2. The SMILES string of the molecule is CC(=O)O[C@H](CO[C@H]1C[C@H]2CC[C@@]1(C)C2(C)C)C[N+]1(C)CCCCC1. The highest BCUT2D eigenvalue weighted by Crippen LogP contribution is 2.66. The normalized spacial score (nSPS) is 37.0. The average Bonchev–Trinajstić information content (AvgIpc) is 2.85. The zero-order valence-corrected chi connectivity index (χ0v) is 17.0. The predicted octanol–water partition coefficient (Wildman–Crippen LogP) is 3.78. The quantitative estimate of drug-likeness (QED) is 0.539. The molecule has 0 amide bonds. The molecule has 0 aromatic rings. The zero-order valence-electron chi connectivity index (χ0n) is 17.0. The topological polar surface area (TPSA) is 35.5 Å². The van der Waals surface area contributed by atoms with E-state index in [1.54, 1.807) is 0 Å². The molecule has 4 nitrogen and oxygen atoms in total. The number of rotatable bonds is 6. The van der Waals surface area contributed by atoms with E-state index in [4.69, 9.17) is 9.47 Å². The molecule has 3 aliphatic rings. The summed E-state index contributed by atoms with van der Waals surface area (Å²) in [5, 5.41) is 0. The van der Waals surface area contributed by atoms with Crippen LogP contribution < -0.4 is 0 Å². The third-order valence-electron chi connectivity index (χ3n) is 8.07. The van der Waals surface area contributed by atoms with Gasteiger partial charge in [0.05, 0.1) is 32.8 Å². The van der Waals surface area contributed by atoms with Crippen molar-refractivity contribution in [3.63, 3.8) is 0 Å². The molecular weight excluding hydrogens is 314 g/mol. The second kappa shape index (κ2) is 6.84. The molecule has 1 heterocycles. The number of carbonyl (C=O) groups is 1. The molecule has 0 spiro atoms. The maximum absolute atomic E-state index is 11.6. The van der Waals surface area contributed by atoms with Crippen molar-refractivity contribution in [3.05, 3.63) is 0 Å². The Hall–Kier alpha value is -0.610. The van der Waals surface area contributed by atoms with Gasteiger partial charge in [0.1, 0.15) is 6.54 Å². The highest BCUT2D eigenvalue weighted by atomic mass is 16.6. The molecule has 2 aliphatic carbocycles. The van der Waals surface area contributed by atoms with Crippen molar-refractivity contribution >= 4 is 5.97 Å². The van der Waals surface area contributed by atoms with Crippen LogP contribution in [0.1, 0.15) is 66.2 Å². The molecule has 0 aromatic heterocycles. The van der Waals surface area contributed by atoms with Crippen LogP contribution in [0.25, 0.3) is 0 Å². The van der Waals surface area contributed by atoms with Crippen molar-refractivity contribution in [2.24, 2.45) is 16.7 Å². The first-order valence-corrected chi connectivity index (χ1v) is 10.3. The fraction of sp³-hybridized carbons (Fsp3) is 0.952. The number of ether oxygens (including phenoxy) is 2. The second-order valence-electron chi connectivity index (χ2n) is 9.97. The summed E-state index contributed by atoms with van der Waals surface area (Å²) in [5.74, 6) is 0.595. The minimum atomic E-state index is -0.184. The molecule has 144 valence electrons. The van der Waals surface area contributed by atoms with E-state index in [-0.39, 0.29) is 17.5 Å². The van der Waals surface area contributed by atoms with Crippen LogP contribution >= 0.6 is 0 Å². The maximum atomic E-state index is 11.6. The molecule has 3 rings (SSSR count). The lowest BCUT2D eigenvalue weighted by atomic mass is 9.70. The summed E-state index contributed by atoms with van der Waals surface area (Å²) >= 11 is 0. The van der Waals surface area contributed by atoms with Gasteiger partial charge in [0.25, 0.3) is 0 Å². The number of likely N-dealkylation sites (tertiary alicyclic amines) is 1. The Morgan fingerprint density at radius 2 is 1.88 bits per heavy atom. The number of quaternary nitrogens is 1. The van der Waals surface area contributed by atoms with Gasteiger partial charge < -0.3 is 14.0 Å². The Balaban J connectivity index is 1.61. The average molecular weight is 353 g/mol. The van der Waals surface area contributed by atoms with Crippen LogP contribution in [0.3, 0.4) is 0 Å². The molecule has 1 saturated heterocycles. The lowest BCUT2D eigenvalue weighted by Crippen LogP contribution is -2.53. The van der Waals surface area contributed by atoms with Crippen LogP contribution in [0.15, 0.2) is 0 Å². The number of hydrogen-bond donors (Lipinski definition) is 0. The number of carbonyl (C=O) groups excluding carboxylic acids is 1. The van der Waals surface area contributed by atoms with Gasteiger partial charge in [-0.25, -0.2) is 0 Å². The first-order valence-electron chi connectivity index (χ1n) is 10.3. The number of esters is 1. The maximum Gasteiger partial charge on any atom is 0.303 e. The van der Waals surface area contributed by atoms with E-state index in [1.165, 1.54) is 58.5 Å². The van der Waals surface area contributed by atoms with Crippen molar-refractivity contribution in [2.75, 3.05) is 33.3 Å². The first-order chi connectivity index (χ1) is 11.7. The number of likely N-dealkylation sites (N-methyl/N-ethyl adjacent to an activating group) is 1. The monoisotopic (exact) mass is 352 g/mol. The fourth-order valence-electron chi connectivity index (χ4n) is 5.91. The van der Waals surface area contributed by atoms with Gasteiger partial charge in [-0.1, -0.05) is 20.8 Å². The van der Waals surface area contributed by atoms with Gasteiger partial charge in [0, 0.05) is 6.92 Å². The third-order valence-corrected chi connectivity index (χ3v) is 8.07. The van der Waals surface area contributed by atoms with E-state index < -0.39 is 0 Å². The molecule has 0 unspecified atom stereocenters. The van der Waals surface area contributed by atoms with Gasteiger partial charge in [0.15, 0.2) is 6.10 Å². The summed E-state index contributed by atoms with van der Waals surface area (Å²) in [6, 6.07) is 0. The number of fused-ring (bicyclic) bond motifs is 2. The minimum Gasteiger partial charge on any atom is -0.454 e. The van der Waals surface area contributed by atoms with Crippen molar-refractivity contribution in [1.29, 1.82) is 0 Å². The largest absolute Gasteiger partial charge is 0.454 e. The Bertz CT molecular complexity index is 497. The van der Waals surface area contributed by atoms with Crippen LogP contribution in [-0.4, -0.2) is 55.9 Å². The summed E-state index contributed by atoms with van der Waals surface area (Å²) in [7, 11) is 2.30. The fourth-order valence-corrected chi connectivity index (χ4v) is 5.91. The van der Waals surface area contributed by atoms with E-state index in [9.17, 15) is 4.79 Å². The molecule has 0 radical (unpaired) electrons. The van der Waals surface area contributed by atoms with Crippen LogP contribution in [-0.2, 0) is 14.3 Å². The summed E-state index contributed by atoms with van der Waals surface area (Å²) in [5.41, 5.74) is 0.627. The minimum absolute atomic E-state index is 0.119. The molecule has 0 aromatic carbocycles. The summed E-state index contributed by atoms with van der Waals surface area (Å²) in [6.45, 7) is 12.6. The molecule has 25 heavy (non-hydrogen) atoms. The summed E-state index contributed by atoms with van der Waals surface area (Å²) < 4.78 is 13.1. The molecule has 3 fully saturated rings. The van der Waals surface area contributed by atoms with Gasteiger partial charge in [-0.2, -0.15) is 0 Å². The van der Waals surface area contributed by atoms with Crippen LogP contribution in [0.4, 0.5) is 0 Å². The number of piperidine rings is 1. The van der Waals surface area contributed by atoms with Gasteiger partial charge in [-0.15, -0.1) is 0 Å². The number of hydrogen-bond acceptors (Lipinski definition) is 3. The highest BCUT2D eigenvalue weighted by Gasteiger charge is 2.62. The van der Waals surface area contributed by atoms with Crippen LogP contribution in [0.2, 0.25) is 0 Å². The Morgan fingerprint density at radius 1 is 1.20 bits per heavy atom. The molecule has 2 bridgehead atoms. The van der Waals surface area contributed by atoms with Crippen molar-refractivity contribution in [3.8, 4) is 0 Å². The molecular formula is C21H38NO3+. The summed E-state index contributed by atoms with van der Waals surface area (Å²) in [6.07, 6.45) is 7.86. The predicted molar refractivity (Wildman–Crippen MR) is 99.2 cm³/mol. The second-order valence-corrected chi connectivity index (χ2v) is 9.97. The van der Waals surface area contributed by atoms with Crippen LogP contribution in [0.5, 0.6) is 0 Å². The molecule has 0 N–H and O–H groups in total. The molecule has 4 heteroatoms. The van der Waals surface area contributed by atoms with Crippen molar-refractivity contribution < 1.29 is 18.8 Å². The van der Waals surface area contributed by atoms with E-state index in [1.807, 2.05) is 0 Å². The highest BCUT2D eigenvalue weighted by molar-refractivity contribution is 5.66. The van der Waals surface area contributed by atoms with Gasteiger partial charge in [-0.05, 0) is 55.3 Å². The van der Waals surface area contributed by atoms with Gasteiger partial charge >= 0.3 is 5.97 Å². The van der Waals surface area contributed by atoms with E-state index in [0.29, 0.717) is 18.1 Å². The van der Waals surface area contributed by atoms with Gasteiger partial charge in [-0.3, -0.25) is 4.79 Å². The lowest BCUT2D eigenvalue weighted by Gasteiger charge is -2.41. The molecule has 1 aliphatic heterocycles. The van der Waals surface area contributed by atoms with Crippen molar-refractivity contribution in [1.82, 2.24) is 0 Å². The summed E-state index contributed by atoms with van der Waals surface area (Å²) in [4.78, 5) is 11.6. The smallest absolute Gasteiger partial charge is 0.303 e. The van der Waals surface area contributed by atoms with E-state index in [0.717, 1.165) is 16.9 Å². The van der Waals surface area contributed by atoms with Crippen molar-refractivity contribution in [2.45, 2.75) is 78.4 Å². The third kappa shape index (κ3) is 3.62. The van der Waals surface area contributed by atoms with E-state index >= 15 is 0 Å². The zero-order chi connectivity index (χ0) is 18.3. The van der Waals surface area contributed by atoms with Crippen LogP contribution in [0, 0.1) is 16.7 Å². The Morgan fingerprint density at radius 3 is 2.40 bits per heavy atom. The Labute approximate surface area is 153 Å². The molecule has 2 saturated carbocycles. The molecule has 4 atom stereocenters. The Kier molecular flexibility index (Phi) is 5.25.